The highest BCUT2D eigenvalue weighted by atomic mass is 16.5. The number of hydrogen-bond donors (Lipinski definition) is 2. The van der Waals surface area contributed by atoms with E-state index in [0.29, 0.717) is 18.8 Å². The molecule has 0 aromatic heterocycles. The van der Waals surface area contributed by atoms with Gasteiger partial charge in [-0.05, 0) is 30.0 Å². The van der Waals surface area contributed by atoms with Gasteiger partial charge in [0.05, 0.1) is 7.11 Å². The minimum atomic E-state index is -0.520. The second-order valence-electron chi connectivity index (χ2n) is 5.81. The van der Waals surface area contributed by atoms with E-state index in [9.17, 15) is 9.59 Å². The number of carbonyl (C=O) groups excluding carboxylic acids is 2. The Kier molecular flexibility index (Phi) is 4.83. The fourth-order valence-corrected chi connectivity index (χ4v) is 2.49. The predicted octanol–water partition coefficient (Wildman–Crippen LogP) is 1.27. The number of carbonyl (C=O) groups is 2. The van der Waals surface area contributed by atoms with E-state index in [2.05, 4.69) is 10.6 Å². The number of hydrogen-bond acceptors (Lipinski definition) is 3. The SMILES string of the molecule is COc1cccc(CC2NC(=O)[C@H](CC(C)C)NC2=O)c1. The summed E-state index contributed by atoms with van der Waals surface area (Å²) in [5.74, 6) is 0.878. The Balaban J connectivity index is 2.02. The first-order valence-corrected chi connectivity index (χ1v) is 7.23. The summed E-state index contributed by atoms with van der Waals surface area (Å²) in [7, 11) is 1.60. The van der Waals surface area contributed by atoms with Crippen molar-refractivity contribution in [3.63, 3.8) is 0 Å². The molecule has 1 aromatic carbocycles. The zero-order chi connectivity index (χ0) is 15.4. The quantitative estimate of drug-likeness (QED) is 0.858. The molecule has 2 amide bonds. The third-order valence-corrected chi connectivity index (χ3v) is 3.55. The minimum Gasteiger partial charge on any atom is -0.497 e. The molecule has 1 saturated heterocycles. The van der Waals surface area contributed by atoms with Crippen LogP contribution >= 0.6 is 0 Å². The Hall–Kier alpha value is -2.04. The molecule has 1 fully saturated rings. The number of ether oxygens (including phenoxy) is 1. The van der Waals surface area contributed by atoms with Crippen LogP contribution in [0.3, 0.4) is 0 Å². The van der Waals surface area contributed by atoms with Crippen LogP contribution in [0.25, 0.3) is 0 Å². The third-order valence-electron chi connectivity index (χ3n) is 3.55. The van der Waals surface area contributed by atoms with Crippen LogP contribution in [0.5, 0.6) is 5.75 Å². The predicted molar refractivity (Wildman–Crippen MR) is 80.0 cm³/mol. The first-order chi connectivity index (χ1) is 9.99. The highest BCUT2D eigenvalue weighted by Crippen LogP contribution is 2.16. The Labute approximate surface area is 125 Å². The monoisotopic (exact) mass is 290 g/mol. The fraction of sp³-hybridized carbons (Fsp3) is 0.500. The number of rotatable bonds is 5. The van der Waals surface area contributed by atoms with Gasteiger partial charge in [-0.25, -0.2) is 0 Å². The topological polar surface area (TPSA) is 67.4 Å². The lowest BCUT2D eigenvalue weighted by molar-refractivity contribution is -0.137. The van der Waals surface area contributed by atoms with Crippen molar-refractivity contribution in [2.45, 2.75) is 38.8 Å². The molecular formula is C16H22N2O3. The molecule has 0 aliphatic carbocycles. The molecular weight excluding hydrogens is 268 g/mol. The van der Waals surface area contributed by atoms with Crippen molar-refractivity contribution >= 4 is 11.8 Å². The molecule has 114 valence electrons. The highest BCUT2D eigenvalue weighted by Gasteiger charge is 2.33. The summed E-state index contributed by atoms with van der Waals surface area (Å²) in [4.78, 5) is 24.2. The Morgan fingerprint density at radius 2 is 1.81 bits per heavy atom. The van der Waals surface area contributed by atoms with Gasteiger partial charge in [-0.1, -0.05) is 26.0 Å². The molecule has 5 heteroatoms. The lowest BCUT2D eigenvalue weighted by Crippen LogP contribution is -2.62. The molecule has 2 rings (SSSR count). The van der Waals surface area contributed by atoms with E-state index in [0.717, 1.165) is 11.3 Å². The molecule has 0 bridgehead atoms. The largest absolute Gasteiger partial charge is 0.497 e. The van der Waals surface area contributed by atoms with Crippen LogP contribution in [-0.2, 0) is 16.0 Å². The van der Waals surface area contributed by atoms with Crippen molar-refractivity contribution in [1.29, 1.82) is 0 Å². The first kappa shape index (κ1) is 15.4. The van der Waals surface area contributed by atoms with Crippen molar-refractivity contribution in [1.82, 2.24) is 10.6 Å². The average molecular weight is 290 g/mol. The van der Waals surface area contributed by atoms with Crippen molar-refractivity contribution in [3.05, 3.63) is 29.8 Å². The number of nitrogens with one attached hydrogen (secondary N) is 2. The summed E-state index contributed by atoms with van der Waals surface area (Å²) in [5.41, 5.74) is 0.956. The zero-order valence-electron chi connectivity index (χ0n) is 12.7. The molecule has 1 unspecified atom stereocenters. The lowest BCUT2D eigenvalue weighted by Gasteiger charge is -2.30. The first-order valence-electron chi connectivity index (χ1n) is 7.23. The minimum absolute atomic E-state index is 0.101. The summed E-state index contributed by atoms with van der Waals surface area (Å²) in [6, 6.07) is 6.58. The van der Waals surface area contributed by atoms with Crippen LogP contribution in [0.1, 0.15) is 25.8 Å². The van der Waals surface area contributed by atoms with E-state index in [1.807, 2.05) is 38.1 Å². The summed E-state index contributed by atoms with van der Waals surface area (Å²) in [6.45, 7) is 4.06. The van der Waals surface area contributed by atoms with Gasteiger partial charge < -0.3 is 15.4 Å². The fourth-order valence-electron chi connectivity index (χ4n) is 2.49. The van der Waals surface area contributed by atoms with E-state index < -0.39 is 12.1 Å². The van der Waals surface area contributed by atoms with Crippen LogP contribution in [-0.4, -0.2) is 31.0 Å². The average Bonchev–Trinajstić information content (AvgIpc) is 2.44. The molecule has 2 N–H and O–H groups in total. The van der Waals surface area contributed by atoms with Crippen LogP contribution in [0, 0.1) is 5.92 Å². The zero-order valence-corrected chi connectivity index (χ0v) is 12.7. The standard InChI is InChI=1S/C16H22N2O3/c1-10(2)7-13-15(19)18-14(16(20)17-13)9-11-5-4-6-12(8-11)21-3/h4-6,8,10,13-14H,7,9H2,1-3H3,(H,17,20)(H,18,19)/t13-,14?/m0/s1. The van der Waals surface area contributed by atoms with E-state index in [4.69, 9.17) is 4.74 Å². The van der Waals surface area contributed by atoms with Gasteiger partial charge >= 0.3 is 0 Å². The second kappa shape index (κ2) is 6.61. The van der Waals surface area contributed by atoms with Gasteiger partial charge in [0, 0.05) is 6.42 Å². The van der Waals surface area contributed by atoms with E-state index in [1.54, 1.807) is 7.11 Å². The number of methoxy groups -OCH3 is 1. The normalized spacial score (nSPS) is 21.9. The van der Waals surface area contributed by atoms with Crippen molar-refractivity contribution in [2.24, 2.45) is 5.92 Å². The van der Waals surface area contributed by atoms with Crippen LogP contribution in [0.4, 0.5) is 0 Å². The molecule has 5 nitrogen and oxygen atoms in total. The third kappa shape index (κ3) is 3.97. The van der Waals surface area contributed by atoms with E-state index in [1.165, 1.54) is 0 Å². The summed E-state index contributed by atoms with van der Waals surface area (Å²) >= 11 is 0. The maximum Gasteiger partial charge on any atom is 0.243 e. The maximum atomic E-state index is 12.1. The lowest BCUT2D eigenvalue weighted by atomic mass is 9.97. The molecule has 0 saturated carbocycles. The maximum absolute atomic E-state index is 12.1. The summed E-state index contributed by atoms with van der Waals surface area (Å²) < 4.78 is 5.16. The summed E-state index contributed by atoms with van der Waals surface area (Å²) in [6.07, 6.45) is 1.12. The van der Waals surface area contributed by atoms with Gasteiger partial charge in [-0.3, -0.25) is 9.59 Å². The molecule has 1 aliphatic rings. The van der Waals surface area contributed by atoms with Crippen molar-refractivity contribution < 1.29 is 14.3 Å². The Morgan fingerprint density at radius 3 is 2.48 bits per heavy atom. The van der Waals surface area contributed by atoms with Crippen LogP contribution in [0.15, 0.2) is 24.3 Å². The van der Waals surface area contributed by atoms with Gasteiger partial charge in [0.1, 0.15) is 17.8 Å². The van der Waals surface area contributed by atoms with Gasteiger partial charge in [0.15, 0.2) is 0 Å². The Morgan fingerprint density at radius 1 is 1.14 bits per heavy atom. The number of benzene rings is 1. The molecule has 1 heterocycles. The summed E-state index contributed by atoms with van der Waals surface area (Å²) in [5, 5.41) is 5.63. The van der Waals surface area contributed by atoms with E-state index in [-0.39, 0.29) is 11.8 Å². The van der Waals surface area contributed by atoms with Gasteiger partial charge in [-0.15, -0.1) is 0 Å². The van der Waals surface area contributed by atoms with Crippen LogP contribution in [0.2, 0.25) is 0 Å². The molecule has 1 aliphatic heterocycles. The second-order valence-corrected chi connectivity index (χ2v) is 5.81. The smallest absolute Gasteiger partial charge is 0.243 e. The Bertz CT molecular complexity index is 528. The van der Waals surface area contributed by atoms with Gasteiger partial charge in [0.25, 0.3) is 0 Å². The van der Waals surface area contributed by atoms with Gasteiger partial charge in [0.2, 0.25) is 11.8 Å². The molecule has 2 atom stereocenters. The molecule has 0 spiro atoms. The molecule has 0 radical (unpaired) electrons. The number of piperazine rings is 1. The molecule has 1 aromatic rings. The number of amides is 2. The van der Waals surface area contributed by atoms with Gasteiger partial charge in [-0.2, -0.15) is 0 Å². The highest BCUT2D eigenvalue weighted by molar-refractivity contribution is 5.97. The molecule has 21 heavy (non-hydrogen) atoms. The van der Waals surface area contributed by atoms with Crippen molar-refractivity contribution in [3.8, 4) is 5.75 Å². The van der Waals surface area contributed by atoms with E-state index >= 15 is 0 Å². The van der Waals surface area contributed by atoms with Crippen LogP contribution < -0.4 is 15.4 Å². The van der Waals surface area contributed by atoms with Crippen molar-refractivity contribution in [2.75, 3.05) is 7.11 Å².